The highest BCUT2D eigenvalue weighted by Crippen LogP contribution is 2.28. The van der Waals surface area contributed by atoms with Crippen molar-refractivity contribution in [2.45, 2.75) is 32.6 Å². The molecule has 4 rings (SSSR count). The van der Waals surface area contributed by atoms with Crippen LogP contribution in [-0.4, -0.2) is 26.1 Å². The molecule has 2 heterocycles. The van der Waals surface area contributed by atoms with Gasteiger partial charge in [0.1, 0.15) is 5.82 Å². The average Bonchev–Trinajstić information content (AvgIpc) is 2.73. The van der Waals surface area contributed by atoms with Gasteiger partial charge in [-0.05, 0) is 73.6 Å². The Balaban J connectivity index is 1.50. The van der Waals surface area contributed by atoms with Crippen LogP contribution in [-0.2, 0) is 19.3 Å². The SMILES string of the molecule is Cc1ccc(-c2ccnc(CC3CCc4ccc(C(=O)NO)cc4C3)n2)cn1. The summed E-state index contributed by atoms with van der Waals surface area (Å²) >= 11 is 0. The van der Waals surface area contributed by atoms with Crippen molar-refractivity contribution in [1.82, 2.24) is 20.4 Å². The van der Waals surface area contributed by atoms with Gasteiger partial charge >= 0.3 is 0 Å². The van der Waals surface area contributed by atoms with Crippen LogP contribution in [0.4, 0.5) is 0 Å². The van der Waals surface area contributed by atoms with Gasteiger partial charge in [-0.3, -0.25) is 15.0 Å². The number of hydrogen-bond donors (Lipinski definition) is 2. The molecule has 3 aromatic rings. The number of hydrogen-bond acceptors (Lipinski definition) is 5. The zero-order valence-electron chi connectivity index (χ0n) is 15.7. The number of aryl methyl sites for hydroxylation is 2. The first-order chi connectivity index (χ1) is 13.6. The molecule has 0 bridgehead atoms. The Morgan fingerprint density at radius 2 is 2.07 bits per heavy atom. The zero-order valence-corrected chi connectivity index (χ0v) is 15.7. The van der Waals surface area contributed by atoms with E-state index in [1.54, 1.807) is 17.7 Å². The first kappa shape index (κ1) is 18.3. The van der Waals surface area contributed by atoms with Gasteiger partial charge in [0.25, 0.3) is 5.91 Å². The van der Waals surface area contributed by atoms with Crippen molar-refractivity contribution >= 4 is 5.91 Å². The molecule has 1 aromatic carbocycles. The van der Waals surface area contributed by atoms with Crippen LogP contribution in [0.2, 0.25) is 0 Å². The zero-order chi connectivity index (χ0) is 19.5. The molecule has 0 aliphatic heterocycles. The van der Waals surface area contributed by atoms with Crippen molar-refractivity contribution in [3.63, 3.8) is 0 Å². The molecule has 142 valence electrons. The lowest BCUT2D eigenvalue weighted by Crippen LogP contribution is -2.21. The molecule has 0 fully saturated rings. The monoisotopic (exact) mass is 374 g/mol. The molecule has 1 amide bonds. The number of fused-ring (bicyclic) bond motifs is 1. The van der Waals surface area contributed by atoms with Crippen LogP contribution >= 0.6 is 0 Å². The molecule has 0 radical (unpaired) electrons. The maximum absolute atomic E-state index is 11.7. The molecular weight excluding hydrogens is 352 g/mol. The van der Waals surface area contributed by atoms with Crippen LogP contribution in [0.15, 0.2) is 48.8 Å². The van der Waals surface area contributed by atoms with Crippen LogP contribution in [0.25, 0.3) is 11.3 Å². The molecule has 2 aromatic heterocycles. The molecule has 1 atom stereocenters. The predicted octanol–water partition coefficient (Wildman–Crippen LogP) is 3.31. The number of aromatic nitrogens is 3. The number of pyridine rings is 1. The van der Waals surface area contributed by atoms with E-state index < -0.39 is 5.91 Å². The summed E-state index contributed by atoms with van der Waals surface area (Å²) in [4.78, 5) is 25.2. The number of hydroxylamine groups is 1. The Morgan fingerprint density at radius 3 is 2.86 bits per heavy atom. The van der Waals surface area contributed by atoms with Gasteiger partial charge in [0.05, 0.1) is 5.69 Å². The second-order valence-corrected chi connectivity index (χ2v) is 7.28. The summed E-state index contributed by atoms with van der Waals surface area (Å²) < 4.78 is 0. The highest BCUT2D eigenvalue weighted by Gasteiger charge is 2.21. The third-order valence-electron chi connectivity index (χ3n) is 5.28. The molecule has 1 aliphatic carbocycles. The Bertz CT molecular complexity index is 1000. The molecule has 0 saturated heterocycles. The molecule has 1 aliphatic rings. The third-order valence-corrected chi connectivity index (χ3v) is 5.28. The Hall–Kier alpha value is -3.12. The minimum Gasteiger partial charge on any atom is -0.288 e. The largest absolute Gasteiger partial charge is 0.288 e. The van der Waals surface area contributed by atoms with E-state index in [9.17, 15) is 4.79 Å². The lowest BCUT2D eigenvalue weighted by molar-refractivity contribution is 0.0706. The summed E-state index contributed by atoms with van der Waals surface area (Å²) in [6, 6.07) is 11.5. The quantitative estimate of drug-likeness (QED) is 0.540. The average molecular weight is 374 g/mol. The predicted molar refractivity (Wildman–Crippen MR) is 105 cm³/mol. The van der Waals surface area contributed by atoms with Gasteiger partial charge in [0.15, 0.2) is 0 Å². The molecule has 0 spiro atoms. The number of rotatable bonds is 4. The lowest BCUT2D eigenvalue weighted by Gasteiger charge is -2.24. The van der Waals surface area contributed by atoms with E-state index in [1.807, 2.05) is 43.5 Å². The fourth-order valence-electron chi connectivity index (χ4n) is 3.75. The van der Waals surface area contributed by atoms with Crippen molar-refractivity contribution in [3.05, 3.63) is 77.0 Å². The number of carbonyl (C=O) groups is 1. The Kier molecular flexibility index (Phi) is 5.12. The Morgan fingerprint density at radius 1 is 1.18 bits per heavy atom. The van der Waals surface area contributed by atoms with E-state index in [0.29, 0.717) is 11.5 Å². The molecular formula is C22H22N4O2. The van der Waals surface area contributed by atoms with Gasteiger partial charge in [-0.1, -0.05) is 6.07 Å². The fourth-order valence-corrected chi connectivity index (χ4v) is 3.75. The number of carbonyl (C=O) groups excluding carboxylic acids is 1. The number of benzene rings is 1. The van der Waals surface area contributed by atoms with Crippen LogP contribution in [0.5, 0.6) is 0 Å². The smallest absolute Gasteiger partial charge is 0.274 e. The summed E-state index contributed by atoms with van der Waals surface area (Å²) in [5.74, 6) is 0.773. The van der Waals surface area contributed by atoms with Crippen LogP contribution in [0.1, 0.15) is 39.4 Å². The summed E-state index contributed by atoms with van der Waals surface area (Å²) in [5.41, 5.74) is 7.47. The molecule has 0 saturated carbocycles. The van der Waals surface area contributed by atoms with E-state index in [0.717, 1.165) is 54.0 Å². The van der Waals surface area contributed by atoms with E-state index in [-0.39, 0.29) is 0 Å². The van der Waals surface area contributed by atoms with Gasteiger partial charge in [-0.15, -0.1) is 0 Å². The standard InChI is InChI=1S/C22H22N4O2/c1-14-2-4-18(13-24-14)20-8-9-23-21(25-20)11-15-3-5-16-6-7-17(22(27)26-28)12-19(16)10-15/h2,4,6-9,12-13,15,28H,3,5,10-11H2,1H3,(H,26,27). The molecule has 28 heavy (non-hydrogen) atoms. The van der Waals surface area contributed by atoms with Crippen molar-refractivity contribution in [2.24, 2.45) is 5.92 Å². The minimum atomic E-state index is -0.479. The second-order valence-electron chi connectivity index (χ2n) is 7.28. The molecule has 6 nitrogen and oxygen atoms in total. The summed E-state index contributed by atoms with van der Waals surface area (Å²) in [6.07, 6.45) is 7.36. The molecule has 6 heteroatoms. The molecule has 2 N–H and O–H groups in total. The van der Waals surface area contributed by atoms with Crippen LogP contribution in [0, 0.1) is 12.8 Å². The van der Waals surface area contributed by atoms with Crippen molar-refractivity contribution < 1.29 is 10.0 Å². The number of nitrogens with zero attached hydrogens (tertiary/aromatic N) is 3. The second kappa shape index (κ2) is 7.86. The normalized spacial score (nSPS) is 15.7. The lowest BCUT2D eigenvalue weighted by atomic mass is 9.81. The number of amides is 1. The third kappa shape index (κ3) is 3.92. The first-order valence-corrected chi connectivity index (χ1v) is 9.43. The highest BCUT2D eigenvalue weighted by molar-refractivity contribution is 5.93. The van der Waals surface area contributed by atoms with E-state index in [1.165, 1.54) is 5.56 Å². The summed E-state index contributed by atoms with van der Waals surface area (Å²) in [7, 11) is 0. The fraction of sp³-hybridized carbons (Fsp3) is 0.273. The summed E-state index contributed by atoms with van der Waals surface area (Å²) in [6.45, 7) is 1.96. The van der Waals surface area contributed by atoms with E-state index >= 15 is 0 Å². The van der Waals surface area contributed by atoms with Gasteiger partial charge in [-0.2, -0.15) is 0 Å². The minimum absolute atomic E-state index is 0.423. The van der Waals surface area contributed by atoms with Gasteiger partial charge in [0, 0.05) is 35.6 Å². The van der Waals surface area contributed by atoms with Crippen molar-refractivity contribution in [3.8, 4) is 11.3 Å². The van der Waals surface area contributed by atoms with Crippen LogP contribution in [0.3, 0.4) is 0 Å². The van der Waals surface area contributed by atoms with Gasteiger partial charge in [0.2, 0.25) is 0 Å². The van der Waals surface area contributed by atoms with Crippen LogP contribution < -0.4 is 5.48 Å². The molecule has 1 unspecified atom stereocenters. The van der Waals surface area contributed by atoms with Gasteiger partial charge < -0.3 is 0 Å². The Labute approximate surface area is 163 Å². The van der Waals surface area contributed by atoms with E-state index in [2.05, 4.69) is 9.97 Å². The van der Waals surface area contributed by atoms with Gasteiger partial charge in [-0.25, -0.2) is 15.4 Å². The first-order valence-electron chi connectivity index (χ1n) is 9.43. The highest BCUT2D eigenvalue weighted by atomic mass is 16.5. The summed E-state index contributed by atoms with van der Waals surface area (Å²) in [5, 5.41) is 8.85. The number of nitrogens with one attached hydrogen (secondary N) is 1. The van der Waals surface area contributed by atoms with Crippen molar-refractivity contribution in [1.29, 1.82) is 0 Å². The van der Waals surface area contributed by atoms with Crippen molar-refractivity contribution in [2.75, 3.05) is 0 Å². The maximum Gasteiger partial charge on any atom is 0.274 e. The van der Waals surface area contributed by atoms with E-state index in [4.69, 9.17) is 10.2 Å². The maximum atomic E-state index is 11.7. The topological polar surface area (TPSA) is 88.0 Å².